The van der Waals surface area contributed by atoms with Gasteiger partial charge in [0.2, 0.25) is 0 Å². The minimum Gasteiger partial charge on any atom is -0.317 e. The van der Waals surface area contributed by atoms with Crippen molar-refractivity contribution in [1.82, 2.24) is 5.32 Å². The average Bonchev–Trinajstić information content (AvgIpc) is 2.28. The quantitative estimate of drug-likeness (QED) is 0.605. The van der Waals surface area contributed by atoms with Gasteiger partial charge < -0.3 is 5.32 Å². The van der Waals surface area contributed by atoms with Gasteiger partial charge in [-0.05, 0) is 31.8 Å². The molecule has 0 spiro atoms. The van der Waals surface area contributed by atoms with Crippen LogP contribution in [0.4, 0.5) is 0 Å². The first-order chi connectivity index (χ1) is 6.39. The molecule has 0 radical (unpaired) electrons. The van der Waals surface area contributed by atoms with Gasteiger partial charge in [-0.1, -0.05) is 48.5 Å². The molecule has 0 unspecified atom stereocenters. The normalized spacial score (nSPS) is 15.0. The van der Waals surface area contributed by atoms with E-state index in [9.17, 15) is 0 Å². The summed E-state index contributed by atoms with van der Waals surface area (Å²) >= 11 is 0. The number of rotatable bonds is 0. The first kappa shape index (κ1) is 18.7. The Hall–Kier alpha value is -0.0400. The van der Waals surface area contributed by atoms with E-state index in [1.807, 2.05) is 41.5 Å². The molecule has 0 saturated carbocycles. The zero-order valence-electron chi connectivity index (χ0n) is 10.9. The summed E-state index contributed by atoms with van der Waals surface area (Å²) in [6.45, 7) is 16.8. The minimum absolute atomic E-state index is 0.973. The van der Waals surface area contributed by atoms with Gasteiger partial charge in [-0.3, -0.25) is 0 Å². The van der Waals surface area contributed by atoms with Crippen LogP contribution in [-0.4, -0.2) is 13.1 Å². The van der Waals surface area contributed by atoms with E-state index in [0.29, 0.717) is 0 Å². The molecule has 1 fully saturated rings. The maximum absolute atomic E-state index is 3.32. The van der Waals surface area contributed by atoms with Crippen LogP contribution < -0.4 is 5.32 Å². The molecular formula is C12H31N. The second-order valence-corrected chi connectivity index (χ2v) is 2.43. The molecule has 1 N–H and O–H groups in total. The molecule has 1 heteroatoms. The molecule has 0 amide bonds. The largest absolute Gasteiger partial charge is 0.317 e. The standard InChI is InChI=1S/C6H13N.3C2H6/c1-6-2-4-7-5-3-6;3*1-2/h6-7H,2-5H2,1H3;3*1-2H3. The fraction of sp³-hybridized carbons (Fsp3) is 1.00. The summed E-state index contributed by atoms with van der Waals surface area (Å²) in [7, 11) is 0. The summed E-state index contributed by atoms with van der Waals surface area (Å²) in [6.07, 6.45) is 2.75. The Morgan fingerprint density at radius 2 is 1.08 bits per heavy atom. The summed E-state index contributed by atoms with van der Waals surface area (Å²) in [5, 5.41) is 3.32. The molecule has 0 atom stereocenters. The van der Waals surface area contributed by atoms with Crippen LogP contribution in [0.1, 0.15) is 61.3 Å². The second kappa shape index (κ2) is 22.7. The Morgan fingerprint density at radius 1 is 0.769 bits per heavy atom. The lowest BCUT2D eigenvalue weighted by atomic mass is 10.0. The monoisotopic (exact) mass is 189 g/mol. The molecule has 0 aromatic carbocycles. The lowest BCUT2D eigenvalue weighted by Gasteiger charge is -2.17. The maximum atomic E-state index is 3.32. The van der Waals surface area contributed by atoms with Crippen molar-refractivity contribution < 1.29 is 0 Å². The van der Waals surface area contributed by atoms with Crippen molar-refractivity contribution in [3.05, 3.63) is 0 Å². The van der Waals surface area contributed by atoms with Crippen LogP contribution in [0.25, 0.3) is 0 Å². The Morgan fingerprint density at radius 3 is 1.23 bits per heavy atom. The molecule has 0 aliphatic carbocycles. The molecule has 0 bridgehead atoms. The lowest BCUT2D eigenvalue weighted by molar-refractivity contribution is 0.402. The molecule has 1 saturated heterocycles. The van der Waals surface area contributed by atoms with Crippen molar-refractivity contribution in [2.75, 3.05) is 13.1 Å². The summed E-state index contributed by atoms with van der Waals surface area (Å²) < 4.78 is 0. The molecule has 1 aliphatic heterocycles. The van der Waals surface area contributed by atoms with Crippen molar-refractivity contribution in [1.29, 1.82) is 0 Å². The van der Waals surface area contributed by atoms with Crippen molar-refractivity contribution in [3.63, 3.8) is 0 Å². The first-order valence-electron chi connectivity index (χ1n) is 6.10. The molecule has 1 heterocycles. The Balaban J connectivity index is -0.000000144. The average molecular weight is 189 g/mol. The van der Waals surface area contributed by atoms with E-state index in [1.54, 1.807) is 0 Å². The van der Waals surface area contributed by atoms with Gasteiger partial charge >= 0.3 is 0 Å². The van der Waals surface area contributed by atoms with Gasteiger partial charge in [0, 0.05) is 0 Å². The van der Waals surface area contributed by atoms with Gasteiger partial charge in [0.1, 0.15) is 0 Å². The van der Waals surface area contributed by atoms with E-state index in [1.165, 1.54) is 25.9 Å². The van der Waals surface area contributed by atoms with Crippen LogP contribution in [0.2, 0.25) is 0 Å². The van der Waals surface area contributed by atoms with Crippen molar-refractivity contribution in [2.24, 2.45) is 5.92 Å². The highest BCUT2D eigenvalue weighted by Gasteiger charge is 2.04. The molecule has 1 rings (SSSR count). The van der Waals surface area contributed by atoms with Gasteiger partial charge in [-0.15, -0.1) is 0 Å². The molecular weight excluding hydrogens is 158 g/mol. The van der Waals surface area contributed by atoms with Crippen LogP contribution >= 0.6 is 0 Å². The number of nitrogens with one attached hydrogen (secondary N) is 1. The van der Waals surface area contributed by atoms with E-state index in [-0.39, 0.29) is 0 Å². The lowest BCUT2D eigenvalue weighted by Crippen LogP contribution is -2.26. The predicted molar refractivity (Wildman–Crippen MR) is 65.3 cm³/mol. The molecule has 13 heavy (non-hydrogen) atoms. The number of hydrogen-bond acceptors (Lipinski definition) is 1. The van der Waals surface area contributed by atoms with Gasteiger partial charge in [-0.2, -0.15) is 0 Å². The second-order valence-electron chi connectivity index (χ2n) is 2.43. The number of piperidine rings is 1. The third-order valence-electron chi connectivity index (χ3n) is 1.63. The van der Waals surface area contributed by atoms with Crippen LogP contribution in [0.3, 0.4) is 0 Å². The molecule has 84 valence electrons. The fourth-order valence-electron chi connectivity index (χ4n) is 0.966. The summed E-state index contributed by atoms with van der Waals surface area (Å²) in [4.78, 5) is 0. The van der Waals surface area contributed by atoms with Crippen molar-refractivity contribution >= 4 is 0 Å². The summed E-state index contributed by atoms with van der Waals surface area (Å²) in [5.41, 5.74) is 0. The number of hydrogen-bond donors (Lipinski definition) is 1. The summed E-state index contributed by atoms with van der Waals surface area (Å²) in [5.74, 6) is 0.973. The molecule has 0 aromatic rings. The van der Waals surface area contributed by atoms with Crippen LogP contribution in [-0.2, 0) is 0 Å². The Kier molecular flexibility index (Phi) is 32.6. The van der Waals surface area contributed by atoms with Crippen LogP contribution in [0.5, 0.6) is 0 Å². The SMILES string of the molecule is CC.CC.CC.CC1CCNCC1. The highest BCUT2D eigenvalue weighted by Crippen LogP contribution is 2.08. The predicted octanol–water partition coefficient (Wildman–Crippen LogP) is 4.08. The molecule has 1 aliphatic rings. The Bertz CT molecular complexity index is 47.1. The third-order valence-corrected chi connectivity index (χ3v) is 1.63. The maximum Gasteiger partial charge on any atom is -0.00464 e. The van der Waals surface area contributed by atoms with E-state index in [4.69, 9.17) is 0 Å². The van der Waals surface area contributed by atoms with E-state index in [2.05, 4.69) is 12.2 Å². The zero-order valence-corrected chi connectivity index (χ0v) is 10.9. The van der Waals surface area contributed by atoms with E-state index >= 15 is 0 Å². The topological polar surface area (TPSA) is 12.0 Å². The Labute approximate surface area is 86.3 Å². The molecule has 1 nitrogen and oxygen atoms in total. The van der Waals surface area contributed by atoms with Gasteiger partial charge in [0.15, 0.2) is 0 Å². The smallest absolute Gasteiger partial charge is 0.00464 e. The third kappa shape index (κ3) is 18.7. The highest BCUT2D eigenvalue weighted by molar-refractivity contribution is 4.62. The van der Waals surface area contributed by atoms with Gasteiger partial charge in [0.25, 0.3) is 0 Å². The fourth-order valence-corrected chi connectivity index (χ4v) is 0.966. The van der Waals surface area contributed by atoms with Gasteiger partial charge in [-0.25, -0.2) is 0 Å². The summed E-state index contributed by atoms with van der Waals surface area (Å²) in [6, 6.07) is 0. The minimum atomic E-state index is 0.973. The van der Waals surface area contributed by atoms with Crippen LogP contribution in [0, 0.1) is 5.92 Å². The van der Waals surface area contributed by atoms with Crippen molar-refractivity contribution in [2.45, 2.75) is 61.3 Å². The van der Waals surface area contributed by atoms with E-state index < -0.39 is 0 Å². The zero-order chi connectivity index (χ0) is 11.1. The van der Waals surface area contributed by atoms with Crippen LogP contribution in [0.15, 0.2) is 0 Å². The van der Waals surface area contributed by atoms with E-state index in [0.717, 1.165) is 5.92 Å². The highest BCUT2D eigenvalue weighted by atomic mass is 14.9. The molecule has 0 aromatic heterocycles. The van der Waals surface area contributed by atoms with Crippen molar-refractivity contribution in [3.8, 4) is 0 Å². The van der Waals surface area contributed by atoms with Gasteiger partial charge in [0.05, 0.1) is 0 Å². The first-order valence-corrected chi connectivity index (χ1v) is 6.10.